The van der Waals surface area contributed by atoms with Crippen LogP contribution >= 0.6 is 11.5 Å². The maximum atomic E-state index is 11.4. The quantitative estimate of drug-likeness (QED) is 0.802. The van der Waals surface area contributed by atoms with E-state index in [1.54, 1.807) is 4.90 Å². The summed E-state index contributed by atoms with van der Waals surface area (Å²) in [6.45, 7) is 5.28. The van der Waals surface area contributed by atoms with Gasteiger partial charge in [0.1, 0.15) is 5.00 Å². The molecule has 0 unspecified atom stereocenters. The number of rotatable bonds is 3. The normalized spacial score (nSPS) is 9.69. The van der Waals surface area contributed by atoms with E-state index in [1.165, 1.54) is 17.7 Å². The van der Waals surface area contributed by atoms with E-state index >= 15 is 0 Å². The molecule has 1 N–H and O–H groups in total. The molecule has 1 aromatic heterocycles. The monoisotopic (exact) mass is 200 g/mol. The summed E-state index contributed by atoms with van der Waals surface area (Å²) < 4.78 is 3.64. The molecule has 0 saturated carbocycles. The number of carbonyl (C=O) groups is 1. The Hall–Kier alpha value is -1.17. The first-order valence-electron chi connectivity index (χ1n) is 4.11. The zero-order valence-corrected chi connectivity index (χ0v) is 8.47. The molecule has 72 valence electrons. The summed E-state index contributed by atoms with van der Waals surface area (Å²) >= 11 is 1.17. The van der Waals surface area contributed by atoms with Gasteiger partial charge in [-0.1, -0.05) is 4.49 Å². The van der Waals surface area contributed by atoms with Gasteiger partial charge in [0.05, 0.1) is 6.20 Å². The Morgan fingerprint density at radius 3 is 2.77 bits per heavy atom. The molecular formula is C7H12N4OS. The molecule has 0 aliphatic rings. The number of anilines is 1. The van der Waals surface area contributed by atoms with Crippen molar-refractivity contribution in [1.29, 1.82) is 0 Å². The van der Waals surface area contributed by atoms with Crippen LogP contribution in [0, 0.1) is 0 Å². The Bertz CT molecular complexity index is 257. The van der Waals surface area contributed by atoms with Crippen molar-refractivity contribution in [2.45, 2.75) is 13.8 Å². The van der Waals surface area contributed by atoms with Crippen LogP contribution in [-0.4, -0.2) is 33.6 Å². The molecule has 2 amide bonds. The second-order valence-corrected chi connectivity index (χ2v) is 3.17. The molecule has 1 aromatic rings. The maximum Gasteiger partial charge on any atom is 0.322 e. The summed E-state index contributed by atoms with van der Waals surface area (Å²) in [4.78, 5) is 13.1. The van der Waals surface area contributed by atoms with Gasteiger partial charge in [0, 0.05) is 24.6 Å². The number of hydrogen-bond donors (Lipinski definition) is 1. The van der Waals surface area contributed by atoms with Gasteiger partial charge < -0.3 is 4.90 Å². The van der Waals surface area contributed by atoms with Crippen LogP contribution in [0.4, 0.5) is 9.80 Å². The lowest BCUT2D eigenvalue weighted by molar-refractivity contribution is 0.217. The third kappa shape index (κ3) is 2.66. The second kappa shape index (κ2) is 4.76. The molecule has 0 bridgehead atoms. The molecule has 6 heteroatoms. The number of aromatic nitrogens is 2. The predicted octanol–water partition coefficient (Wildman–Crippen LogP) is 1.41. The van der Waals surface area contributed by atoms with Gasteiger partial charge in [0.25, 0.3) is 0 Å². The fourth-order valence-electron chi connectivity index (χ4n) is 0.917. The van der Waals surface area contributed by atoms with E-state index in [-0.39, 0.29) is 6.03 Å². The molecule has 0 atom stereocenters. The minimum atomic E-state index is -0.101. The lowest BCUT2D eigenvalue weighted by Gasteiger charge is -2.17. The molecule has 1 rings (SSSR count). The van der Waals surface area contributed by atoms with Crippen LogP contribution in [0.25, 0.3) is 0 Å². The van der Waals surface area contributed by atoms with Gasteiger partial charge in [-0.2, -0.15) is 0 Å². The fourth-order valence-corrected chi connectivity index (χ4v) is 1.33. The highest BCUT2D eigenvalue weighted by Crippen LogP contribution is 2.09. The predicted molar refractivity (Wildman–Crippen MR) is 51.8 cm³/mol. The first-order chi connectivity index (χ1) is 6.27. The summed E-state index contributed by atoms with van der Waals surface area (Å²) in [5, 5.41) is 7.00. The number of hydrogen-bond acceptors (Lipinski definition) is 4. The smallest absolute Gasteiger partial charge is 0.322 e. The van der Waals surface area contributed by atoms with E-state index in [9.17, 15) is 4.79 Å². The summed E-state index contributed by atoms with van der Waals surface area (Å²) in [7, 11) is 0. The molecule has 0 saturated heterocycles. The molecule has 0 fully saturated rings. The Kier molecular flexibility index (Phi) is 3.63. The minimum Gasteiger partial charge on any atom is -0.325 e. The van der Waals surface area contributed by atoms with Gasteiger partial charge in [-0.15, -0.1) is 5.10 Å². The van der Waals surface area contributed by atoms with Crippen LogP contribution in [0.15, 0.2) is 6.20 Å². The van der Waals surface area contributed by atoms with E-state index < -0.39 is 0 Å². The Morgan fingerprint density at radius 1 is 1.62 bits per heavy atom. The third-order valence-corrected chi connectivity index (χ3v) is 2.22. The van der Waals surface area contributed by atoms with Crippen LogP contribution in [0.3, 0.4) is 0 Å². The number of nitrogens with one attached hydrogen (secondary N) is 1. The zero-order valence-electron chi connectivity index (χ0n) is 7.65. The van der Waals surface area contributed by atoms with E-state index in [0.717, 1.165) is 0 Å². The van der Waals surface area contributed by atoms with Crippen molar-refractivity contribution in [3.8, 4) is 0 Å². The number of nitrogens with zero attached hydrogens (tertiary/aromatic N) is 3. The highest BCUT2D eigenvalue weighted by molar-refractivity contribution is 7.10. The van der Waals surface area contributed by atoms with E-state index in [0.29, 0.717) is 18.1 Å². The van der Waals surface area contributed by atoms with Crippen LogP contribution in [-0.2, 0) is 0 Å². The SMILES string of the molecule is CCN(CC)C(=O)Nc1cnns1. The third-order valence-electron chi connectivity index (χ3n) is 1.64. The van der Waals surface area contributed by atoms with Crippen LogP contribution in [0.1, 0.15) is 13.8 Å². The number of carbonyl (C=O) groups excluding carboxylic acids is 1. The largest absolute Gasteiger partial charge is 0.325 e. The van der Waals surface area contributed by atoms with Crippen molar-refractivity contribution in [3.63, 3.8) is 0 Å². The maximum absolute atomic E-state index is 11.4. The molecule has 0 aliphatic heterocycles. The lowest BCUT2D eigenvalue weighted by atomic mass is 10.5. The van der Waals surface area contributed by atoms with Crippen molar-refractivity contribution >= 4 is 22.6 Å². The van der Waals surface area contributed by atoms with Crippen molar-refractivity contribution in [3.05, 3.63) is 6.20 Å². The standard InChI is InChI=1S/C7H12N4OS/c1-3-11(4-2)7(12)9-6-5-8-10-13-6/h5H,3-4H2,1-2H3,(H,9,12). The van der Waals surface area contributed by atoms with Crippen molar-refractivity contribution in [2.75, 3.05) is 18.4 Å². The molecule has 0 radical (unpaired) electrons. The first kappa shape index (κ1) is 9.91. The summed E-state index contributed by atoms with van der Waals surface area (Å²) in [5.41, 5.74) is 0. The van der Waals surface area contributed by atoms with E-state index in [4.69, 9.17) is 0 Å². The Morgan fingerprint density at radius 2 is 2.31 bits per heavy atom. The Balaban J connectivity index is 2.49. The Labute approximate surface area is 80.9 Å². The molecule has 13 heavy (non-hydrogen) atoms. The van der Waals surface area contributed by atoms with Crippen molar-refractivity contribution < 1.29 is 4.79 Å². The van der Waals surface area contributed by atoms with Crippen LogP contribution in [0.5, 0.6) is 0 Å². The molecule has 5 nitrogen and oxygen atoms in total. The molecule has 0 aromatic carbocycles. The highest BCUT2D eigenvalue weighted by atomic mass is 32.1. The average molecular weight is 200 g/mol. The van der Waals surface area contributed by atoms with Gasteiger partial charge in [-0.3, -0.25) is 5.32 Å². The average Bonchev–Trinajstić information content (AvgIpc) is 2.59. The van der Waals surface area contributed by atoms with Gasteiger partial charge in [-0.05, 0) is 13.8 Å². The summed E-state index contributed by atoms with van der Waals surface area (Å²) in [5.74, 6) is 0. The van der Waals surface area contributed by atoms with Gasteiger partial charge >= 0.3 is 6.03 Å². The lowest BCUT2D eigenvalue weighted by Crippen LogP contribution is -2.34. The number of urea groups is 1. The molecular weight excluding hydrogens is 188 g/mol. The second-order valence-electron chi connectivity index (χ2n) is 2.38. The minimum absolute atomic E-state index is 0.101. The van der Waals surface area contributed by atoms with Gasteiger partial charge in [0.2, 0.25) is 0 Å². The summed E-state index contributed by atoms with van der Waals surface area (Å²) in [6, 6.07) is -0.101. The zero-order chi connectivity index (χ0) is 9.68. The van der Waals surface area contributed by atoms with Crippen molar-refractivity contribution in [2.24, 2.45) is 0 Å². The van der Waals surface area contributed by atoms with E-state index in [2.05, 4.69) is 14.9 Å². The van der Waals surface area contributed by atoms with Crippen molar-refractivity contribution in [1.82, 2.24) is 14.5 Å². The number of amides is 2. The van der Waals surface area contributed by atoms with Crippen LogP contribution < -0.4 is 5.32 Å². The molecule has 0 aliphatic carbocycles. The van der Waals surface area contributed by atoms with Gasteiger partial charge in [-0.25, -0.2) is 4.79 Å². The van der Waals surface area contributed by atoms with E-state index in [1.807, 2.05) is 13.8 Å². The first-order valence-corrected chi connectivity index (χ1v) is 4.88. The molecule has 0 spiro atoms. The topological polar surface area (TPSA) is 58.1 Å². The van der Waals surface area contributed by atoms with Gasteiger partial charge in [0.15, 0.2) is 0 Å². The fraction of sp³-hybridized carbons (Fsp3) is 0.571. The highest BCUT2D eigenvalue weighted by Gasteiger charge is 2.09. The van der Waals surface area contributed by atoms with Crippen LogP contribution in [0.2, 0.25) is 0 Å². The molecule has 1 heterocycles. The summed E-state index contributed by atoms with van der Waals surface area (Å²) in [6.07, 6.45) is 1.53.